The van der Waals surface area contributed by atoms with Crippen molar-refractivity contribution in [3.05, 3.63) is 29.8 Å². The van der Waals surface area contributed by atoms with E-state index >= 15 is 0 Å². The maximum atomic E-state index is 12.5. The van der Waals surface area contributed by atoms with Crippen molar-refractivity contribution in [1.29, 1.82) is 0 Å². The van der Waals surface area contributed by atoms with E-state index in [1.54, 1.807) is 7.11 Å². The molecule has 2 heterocycles. The molecule has 1 aromatic rings. The van der Waals surface area contributed by atoms with E-state index in [9.17, 15) is 9.90 Å². The van der Waals surface area contributed by atoms with Crippen LogP contribution in [0.4, 0.5) is 0 Å². The van der Waals surface area contributed by atoms with E-state index in [-0.39, 0.29) is 30.5 Å². The Morgan fingerprint density at radius 3 is 2.78 bits per heavy atom. The van der Waals surface area contributed by atoms with Crippen molar-refractivity contribution in [2.75, 3.05) is 59.7 Å². The first kappa shape index (κ1) is 20.1. The van der Waals surface area contributed by atoms with Crippen LogP contribution >= 0.6 is 0 Å². The molecule has 1 unspecified atom stereocenters. The zero-order valence-corrected chi connectivity index (χ0v) is 16.5. The maximum Gasteiger partial charge on any atom is 0.260 e. The number of carbonyl (C=O) groups is 1. The highest BCUT2D eigenvalue weighted by molar-refractivity contribution is 5.77. The number of carbonyl (C=O) groups excluding carboxylic acids is 1. The minimum atomic E-state index is 0.0427. The maximum absolute atomic E-state index is 12.5. The molecule has 150 valence electrons. The van der Waals surface area contributed by atoms with Gasteiger partial charge in [0.15, 0.2) is 6.61 Å². The van der Waals surface area contributed by atoms with E-state index in [0.717, 1.165) is 63.5 Å². The normalized spacial score (nSPS) is 22.3. The van der Waals surface area contributed by atoms with E-state index in [1.165, 1.54) is 0 Å². The molecule has 1 N–H and O–H groups in total. The summed E-state index contributed by atoms with van der Waals surface area (Å²) < 4.78 is 10.9. The molecule has 6 heteroatoms. The zero-order valence-electron chi connectivity index (χ0n) is 16.5. The Morgan fingerprint density at radius 1 is 1.33 bits per heavy atom. The van der Waals surface area contributed by atoms with Gasteiger partial charge in [0.25, 0.3) is 5.91 Å². The molecule has 1 atom stereocenters. The second-order valence-electron chi connectivity index (χ2n) is 7.96. The van der Waals surface area contributed by atoms with Gasteiger partial charge in [-0.1, -0.05) is 12.1 Å². The van der Waals surface area contributed by atoms with E-state index in [4.69, 9.17) is 9.47 Å². The number of ether oxygens (including phenoxy) is 2. The Bertz CT molecular complexity index is 628. The number of aliphatic hydroxyl groups excluding tert-OH is 1. The monoisotopic (exact) mass is 376 g/mol. The number of nitrogens with zero attached hydrogens (tertiary/aromatic N) is 2. The number of rotatable bonds is 7. The van der Waals surface area contributed by atoms with Gasteiger partial charge in [-0.25, -0.2) is 0 Å². The Balaban J connectivity index is 1.50. The number of benzene rings is 1. The van der Waals surface area contributed by atoms with Crippen molar-refractivity contribution in [2.45, 2.75) is 19.8 Å². The number of methoxy groups -OCH3 is 1. The van der Waals surface area contributed by atoms with E-state index < -0.39 is 0 Å². The van der Waals surface area contributed by atoms with Crippen LogP contribution in [0, 0.1) is 18.3 Å². The van der Waals surface area contributed by atoms with Gasteiger partial charge in [0.1, 0.15) is 5.75 Å². The first-order valence-electron chi connectivity index (χ1n) is 9.86. The molecule has 3 rings (SSSR count). The summed E-state index contributed by atoms with van der Waals surface area (Å²) in [7, 11) is 1.72. The molecule has 0 aliphatic carbocycles. The van der Waals surface area contributed by atoms with Crippen molar-refractivity contribution in [2.24, 2.45) is 11.3 Å². The molecule has 1 amide bonds. The Morgan fingerprint density at radius 2 is 2.11 bits per heavy atom. The number of likely N-dealkylation sites (tertiary alicyclic amines) is 2. The fourth-order valence-electron chi connectivity index (χ4n) is 4.50. The lowest BCUT2D eigenvalue weighted by molar-refractivity contribution is -0.136. The molecular formula is C21H32N2O4. The smallest absolute Gasteiger partial charge is 0.260 e. The van der Waals surface area contributed by atoms with Crippen LogP contribution in [0.5, 0.6) is 5.75 Å². The lowest BCUT2D eigenvalue weighted by atomic mass is 9.71. The van der Waals surface area contributed by atoms with Gasteiger partial charge in [-0.15, -0.1) is 0 Å². The third kappa shape index (κ3) is 4.81. The van der Waals surface area contributed by atoms with Crippen LogP contribution in [0.2, 0.25) is 0 Å². The first-order chi connectivity index (χ1) is 13.1. The molecule has 0 bridgehead atoms. The van der Waals surface area contributed by atoms with Gasteiger partial charge < -0.3 is 24.4 Å². The fraction of sp³-hybridized carbons (Fsp3) is 0.667. The highest BCUT2D eigenvalue weighted by Gasteiger charge is 2.47. The fourth-order valence-corrected chi connectivity index (χ4v) is 4.50. The van der Waals surface area contributed by atoms with Crippen LogP contribution in [0.15, 0.2) is 24.3 Å². The molecule has 27 heavy (non-hydrogen) atoms. The van der Waals surface area contributed by atoms with Crippen molar-refractivity contribution >= 4 is 5.91 Å². The zero-order chi connectivity index (χ0) is 19.3. The van der Waals surface area contributed by atoms with Crippen LogP contribution in [0.3, 0.4) is 0 Å². The lowest BCUT2D eigenvalue weighted by Gasteiger charge is -2.42. The molecule has 0 radical (unpaired) electrons. The summed E-state index contributed by atoms with van der Waals surface area (Å²) in [5.74, 6) is 1.07. The van der Waals surface area contributed by atoms with Crippen LogP contribution in [0.25, 0.3) is 0 Å². The molecule has 2 aliphatic heterocycles. The summed E-state index contributed by atoms with van der Waals surface area (Å²) in [6.45, 7) is 7.32. The quantitative estimate of drug-likeness (QED) is 0.782. The minimum Gasteiger partial charge on any atom is -0.484 e. The third-order valence-corrected chi connectivity index (χ3v) is 6.18. The Hall–Kier alpha value is -1.63. The second-order valence-corrected chi connectivity index (χ2v) is 7.96. The van der Waals surface area contributed by atoms with Gasteiger partial charge in [-0.2, -0.15) is 0 Å². The third-order valence-electron chi connectivity index (χ3n) is 6.18. The van der Waals surface area contributed by atoms with Crippen molar-refractivity contribution in [1.82, 2.24) is 9.80 Å². The van der Waals surface area contributed by atoms with Crippen molar-refractivity contribution in [3.63, 3.8) is 0 Å². The van der Waals surface area contributed by atoms with E-state index in [0.29, 0.717) is 0 Å². The number of hydrogen-bond acceptors (Lipinski definition) is 5. The summed E-state index contributed by atoms with van der Waals surface area (Å²) >= 11 is 0. The molecule has 0 aromatic heterocycles. The molecule has 1 aromatic carbocycles. The van der Waals surface area contributed by atoms with Crippen molar-refractivity contribution in [3.8, 4) is 5.75 Å². The van der Waals surface area contributed by atoms with Crippen LogP contribution < -0.4 is 4.74 Å². The average molecular weight is 376 g/mol. The molecule has 2 fully saturated rings. The van der Waals surface area contributed by atoms with Gasteiger partial charge in [0, 0.05) is 52.4 Å². The summed E-state index contributed by atoms with van der Waals surface area (Å²) in [6, 6.07) is 7.76. The predicted octanol–water partition coefficient (Wildman–Crippen LogP) is 1.55. The van der Waals surface area contributed by atoms with Crippen molar-refractivity contribution < 1.29 is 19.4 Å². The topological polar surface area (TPSA) is 62.2 Å². The van der Waals surface area contributed by atoms with Crippen LogP contribution in [-0.4, -0.2) is 80.5 Å². The number of aliphatic hydroxyl groups is 1. The highest BCUT2D eigenvalue weighted by Crippen LogP contribution is 2.44. The number of hydrogen-bond donors (Lipinski definition) is 1. The van der Waals surface area contributed by atoms with Crippen LogP contribution in [-0.2, 0) is 9.53 Å². The van der Waals surface area contributed by atoms with Gasteiger partial charge in [-0.05, 0) is 42.9 Å². The van der Waals surface area contributed by atoms with Gasteiger partial charge in [0.2, 0.25) is 0 Å². The van der Waals surface area contributed by atoms with Crippen LogP contribution in [0.1, 0.15) is 18.4 Å². The van der Waals surface area contributed by atoms with Gasteiger partial charge >= 0.3 is 0 Å². The van der Waals surface area contributed by atoms with Gasteiger partial charge in [-0.3, -0.25) is 4.79 Å². The summed E-state index contributed by atoms with van der Waals surface area (Å²) in [5.41, 5.74) is 1.24. The van der Waals surface area contributed by atoms with E-state index in [2.05, 4.69) is 4.90 Å². The highest BCUT2D eigenvalue weighted by atomic mass is 16.5. The summed E-state index contributed by atoms with van der Waals surface area (Å²) in [6.07, 6.45) is 1.88. The predicted molar refractivity (Wildman–Crippen MR) is 104 cm³/mol. The molecule has 0 saturated carbocycles. The summed E-state index contributed by atoms with van der Waals surface area (Å²) in [4.78, 5) is 16.8. The minimum absolute atomic E-state index is 0.0427. The average Bonchev–Trinajstić information content (AvgIpc) is 3.02. The molecule has 6 nitrogen and oxygen atoms in total. The number of piperidine rings is 1. The first-order valence-corrected chi connectivity index (χ1v) is 9.86. The molecule has 1 spiro atoms. The standard InChI is InChI=1S/C21H32N2O4/c1-17-4-3-5-19(12-17)27-15-20(25)23-8-6-21(7-9-23)16-22(10-11-26-2)13-18(21)14-24/h3-5,12,18,24H,6-11,13-16H2,1-2H3. The molecule has 2 saturated heterocycles. The lowest BCUT2D eigenvalue weighted by Crippen LogP contribution is -2.48. The SMILES string of the molecule is COCCN1CC(CO)C2(CCN(C(=O)COc3cccc(C)c3)CC2)C1. The van der Waals surface area contributed by atoms with E-state index in [1.807, 2.05) is 36.1 Å². The molecular weight excluding hydrogens is 344 g/mol. The second kappa shape index (κ2) is 9.04. The Kier molecular flexibility index (Phi) is 6.73. The largest absolute Gasteiger partial charge is 0.484 e. The number of aryl methyl sites for hydroxylation is 1. The summed E-state index contributed by atoms with van der Waals surface area (Å²) in [5, 5.41) is 9.88. The molecule has 2 aliphatic rings. The Labute approximate surface area is 162 Å². The number of amides is 1. The van der Waals surface area contributed by atoms with Gasteiger partial charge in [0.05, 0.1) is 6.61 Å².